The SMILES string of the molecule is CC[C@H](NC(=O)[C@@H]1C[C@@H](F)CN1C(=O)C1(C(F)(F)F)CC1)C(=O)N(C)[C@H]1CCCCNC(=O)[C@@H](C)NC(=O)[C@H](Cc2cc(Cl)ccc2-c2cscn2)N(C)C(=O)[C@H](CC(C)C)NC1=O. The Morgan fingerprint density at radius 3 is 2.39 bits per heavy atom. The molecular weight excluding hydrogens is 884 g/mol. The number of nitrogens with one attached hydrogen (secondary N) is 4. The summed E-state index contributed by atoms with van der Waals surface area (Å²) in [6.45, 7) is 6.20. The Hall–Kier alpha value is -4.85. The van der Waals surface area contributed by atoms with E-state index in [0.717, 1.165) is 4.90 Å². The first-order chi connectivity index (χ1) is 30.1. The van der Waals surface area contributed by atoms with Gasteiger partial charge in [0.05, 0.1) is 17.7 Å². The highest BCUT2D eigenvalue weighted by atomic mass is 35.5. The average Bonchev–Trinajstić information content (AvgIpc) is 3.72. The zero-order valence-electron chi connectivity index (χ0n) is 36.7. The molecule has 0 unspecified atom stereocenters. The second-order valence-corrected chi connectivity index (χ2v) is 18.5. The van der Waals surface area contributed by atoms with Crippen LogP contribution in [0.1, 0.15) is 84.6 Å². The van der Waals surface area contributed by atoms with Crippen molar-refractivity contribution in [3.8, 4) is 11.3 Å². The summed E-state index contributed by atoms with van der Waals surface area (Å²) in [7, 11) is 2.76. The molecule has 15 nitrogen and oxygen atoms in total. The van der Waals surface area contributed by atoms with Gasteiger partial charge in [-0.1, -0.05) is 38.4 Å². The van der Waals surface area contributed by atoms with Crippen LogP contribution in [0.3, 0.4) is 0 Å². The van der Waals surface area contributed by atoms with Gasteiger partial charge < -0.3 is 36.0 Å². The van der Waals surface area contributed by atoms with Gasteiger partial charge >= 0.3 is 6.18 Å². The molecule has 7 amide bonds. The van der Waals surface area contributed by atoms with Gasteiger partial charge in [0.25, 0.3) is 0 Å². The first-order valence-electron chi connectivity index (χ1n) is 21.5. The van der Waals surface area contributed by atoms with Crippen molar-refractivity contribution in [2.24, 2.45) is 11.3 Å². The third-order valence-corrected chi connectivity index (χ3v) is 13.1. The van der Waals surface area contributed by atoms with Crippen molar-refractivity contribution >= 4 is 64.3 Å². The van der Waals surface area contributed by atoms with Crippen molar-refractivity contribution in [3.05, 3.63) is 39.7 Å². The maximum Gasteiger partial charge on any atom is 0.403 e. The fraction of sp³-hybridized carbons (Fsp3) is 0.628. The van der Waals surface area contributed by atoms with Gasteiger partial charge in [0.2, 0.25) is 41.4 Å². The molecule has 1 aromatic heterocycles. The number of hydrogen-bond acceptors (Lipinski definition) is 9. The zero-order chi connectivity index (χ0) is 47.3. The van der Waals surface area contributed by atoms with Crippen molar-refractivity contribution in [2.45, 2.75) is 134 Å². The third-order valence-electron chi connectivity index (χ3n) is 12.2. The molecule has 0 spiro atoms. The zero-order valence-corrected chi connectivity index (χ0v) is 38.3. The first-order valence-corrected chi connectivity index (χ1v) is 22.8. The van der Waals surface area contributed by atoms with Crippen LogP contribution in [0, 0.1) is 11.3 Å². The summed E-state index contributed by atoms with van der Waals surface area (Å²) in [6, 6.07) is -2.46. The number of thiazole rings is 1. The van der Waals surface area contributed by atoms with Gasteiger partial charge in [0.15, 0.2) is 0 Å². The van der Waals surface area contributed by atoms with Crippen LogP contribution in [-0.2, 0) is 40.0 Å². The molecule has 1 aromatic carbocycles. The summed E-state index contributed by atoms with van der Waals surface area (Å²) in [5.74, 6) is -5.77. The number of likely N-dealkylation sites (N-methyl/N-ethyl adjacent to an activating group) is 2. The molecule has 21 heteroatoms. The monoisotopic (exact) mass is 940 g/mol. The quantitative estimate of drug-likeness (QED) is 0.242. The Kier molecular flexibility index (Phi) is 16.4. The molecular formula is C43H57ClF4N8O7S. The number of aromatic nitrogens is 1. The van der Waals surface area contributed by atoms with E-state index < -0.39 is 121 Å². The number of rotatable bonds is 11. The van der Waals surface area contributed by atoms with Gasteiger partial charge in [-0.2, -0.15) is 13.2 Å². The topological polar surface area (TPSA) is 190 Å². The van der Waals surface area contributed by atoms with Gasteiger partial charge in [0, 0.05) is 49.4 Å². The van der Waals surface area contributed by atoms with E-state index >= 15 is 0 Å². The van der Waals surface area contributed by atoms with Crippen molar-refractivity contribution in [1.29, 1.82) is 0 Å². The largest absolute Gasteiger partial charge is 0.403 e. The molecule has 0 bridgehead atoms. The maximum absolute atomic E-state index is 14.7. The van der Waals surface area contributed by atoms with Crippen LogP contribution in [0.2, 0.25) is 5.02 Å². The van der Waals surface area contributed by atoms with E-state index in [9.17, 15) is 51.1 Å². The fourth-order valence-corrected chi connectivity index (χ4v) is 9.03. The minimum atomic E-state index is -4.88. The predicted molar refractivity (Wildman–Crippen MR) is 230 cm³/mol. The highest BCUT2D eigenvalue weighted by Gasteiger charge is 2.70. The number of hydrogen-bond donors (Lipinski definition) is 4. The van der Waals surface area contributed by atoms with E-state index in [1.807, 2.05) is 19.2 Å². The predicted octanol–water partition coefficient (Wildman–Crippen LogP) is 4.17. The van der Waals surface area contributed by atoms with Crippen LogP contribution in [0.4, 0.5) is 17.6 Å². The Balaban J connectivity index is 1.41. The van der Waals surface area contributed by atoms with E-state index in [4.69, 9.17) is 11.6 Å². The number of amides is 7. The lowest BCUT2D eigenvalue weighted by molar-refractivity contribution is -0.199. The second-order valence-electron chi connectivity index (χ2n) is 17.4. The number of alkyl halides is 4. The van der Waals surface area contributed by atoms with Gasteiger partial charge in [-0.05, 0) is 75.5 Å². The van der Waals surface area contributed by atoms with Crippen molar-refractivity contribution < 1.29 is 51.1 Å². The third kappa shape index (κ3) is 11.5. The fourth-order valence-electron chi connectivity index (χ4n) is 8.29. The average molecular weight is 941 g/mol. The highest BCUT2D eigenvalue weighted by molar-refractivity contribution is 7.07. The van der Waals surface area contributed by atoms with Crippen molar-refractivity contribution in [3.63, 3.8) is 0 Å². The van der Waals surface area contributed by atoms with Crippen LogP contribution in [0.15, 0.2) is 29.1 Å². The highest BCUT2D eigenvalue weighted by Crippen LogP contribution is 2.59. The summed E-state index contributed by atoms with van der Waals surface area (Å²) in [5.41, 5.74) is 0.879. The Labute approximate surface area is 378 Å². The van der Waals surface area contributed by atoms with E-state index in [1.165, 1.54) is 37.3 Å². The summed E-state index contributed by atoms with van der Waals surface area (Å²) >= 11 is 7.80. The van der Waals surface area contributed by atoms with Crippen molar-refractivity contribution in [2.75, 3.05) is 27.2 Å². The van der Waals surface area contributed by atoms with E-state index in [2.05, 4.69) is 26.3 Å². The van der Waals surface area contributed by atoms with Crippen LogP contribution >= 0.6 is 22.9 Å². The number of benzene rings is 1. The molecule has 5 rings (SSSR count). The molecule has 7 atom stereocenters. The van der Waals surface area contributed by atoms with E-state index in [-0.39, 0.29) is 38.1 Å². The first kappa shape index (κ1) is 50.2. The molecule has 1 aliphatic carbocycles. The maximum atomic E-state index is 14.7. The number of likely N-dealkylation sites (tertiary alicyclic amines) is 1. The number of carbonyl (C=O) groups excluding carboxylic acids is 7. The number of carbonyl (C=O) groups is 7. The second kappa shape index (κ2) is 21.0. The van der Waals surface area contributed by atoms with Crippen LogP contribution < -0.4 is 21.3 Å². The molecule has 3 heterocycles. The Bertz CT molecular complexity index is 2060. The van der Waals surface area contributed by atoms with Gasteiger partial charge in [-0.3, -0.25) is 33.6 Å². The summed E-state index contributed by atoms with van der Waals surface area (Å²) in [4.78, 5) is 105. The van der Waals surface area contributed by atoms with Gasteiger partial charge in [-0.25, -0.2) is 9.37 Å². The molecule has 1 saturated carbocycles. The summed E-state index contributed by atoms with van der Waals surface area (Å²) in [5, 5.41) is 13.0. The van der Waals surface area contributed by atoms with Gasteiger partial charge in [-0.15, -0.1) is 11.3 Å². The standard InChI is InChI=1S/C43H57ClF4N8O7S/c1-7-29(52-38(60)34-19-27(45)20-56(34)41(63)42(13-14-42)43(46,47)48)39(61)54(5)32-10-8-9-15-49-35(57)24(4)51-37(59)33(55(6)40(62)30(16-23(2)3)53-36(32)58)18-25-17-26(44)11-12-28(25)31-21-64-22-50-31/h11-12,17,21-24,27,29-30,32-34H,7-10,13-16,18-20H2,1-6H3,(H,49,57)(H,51,59)(H,52,60)(H,53,58)/t24-,27-,29+,30+,32+,33+,34+/m1/s1. The van der Waals surface area contributed by atoms with E-state index in [1.54, 1.807) is 30.6 Å². The molecule has 2 aromatic rings. The van der Waals surface area contributed by atoms with Crippen LogP contribution in [0.25, 0.3) is 11.3 Å². The molecule has 0 radical (unpaired) electrons. The number of halogens is 5. The molecule has 2 aliphatic heterocycles. The Morgan fingerprint density at radius 2 is 1.78 bits per heavy atom. The lowest BCUT2D eigenvalue weighted by Crippen LogP contribution is -2.60. The lowest BCUT2D eigenvalue weighted by Gasteiger charge is -2.35. The smallest absolute Gasteiger partial charge is 0.354 e. The molecule has 3 fully saturated rings. The molecule has 352 valence electrons. The van der Waals surface area contributed by atoms with Crippen LogP contribution in [-0.4, -0.2) is 137 Å². The van der Waals surface area contributed by atoms with E-state index in [0.29, 0.717) is 39.6 Å². The summed E-state index contributed by atoms with van der Waals surface area (Å²) in [6.07, 6.45) is -7.43. The normalized spacial score (nSPS) is 25.3. The molecule has 64 heavy (non-hydrogen) atoms. The van der Waals surface area contributed by atoms with Crippen LogP contribution in [0.5, 0.6) is 0 Å². The van der Waals surface area contributed by atoms with Crippen molar-refractivity contribution in [1.82, 2.24) is 41.0 Å². The minimum absolute atomic E-state index is 0.0425. The molecule has 4 N–H and O–H groups in total. The lowest BCUT2D eigenvalue weighted by atomic mass is 9.95. The molecule has 3 aliphatic rings. The van der Waals surface area contributed by atoms with Gasteiger partial charge in [0.1, 0.15) is 47.8 Å². The minimum Gasteiger partial charge on any atom is -0.354 e. The summed E-state index contributed by atoms with van der Waals surface area (Å²) < 4.78 is 56.3. The Morgan fingerprint density at radius 1 is 1.08 bits per heavy atom. The molecule has 2 saturated heterocycles. The number of nitrogens with zero attached hydrogens (tertiary/aromatic N) is 4.